The van der Waals surface area contributed by atoms with Crippen LogP contribution in [0.1, 0.15) is 18.9 Å². The number of pyridine rings is 1. The number of hydrogen-bond acceptors (Lipinski definition) is 6. The Morgan fingerprint density at radius 2 is 2.19 bits per heavy atom. The third kappa shape index (κ3) is 2.92. The number of methoxy groups -OCH3 is 2. The van der Waals surface area contributed by atoms with Crippen molar-refractivity contribution in [3.05, 3.63) is 29.7 Å². The Morgan fingerprint density at radius 1 is 1.42 bits per heavy atom. The molecule has 1 aromatic carbocycles. The van der Waals surface area contributed by atoms with E-state index in [0.717, 1.165) is 0 Å². The third-order valence-corrected chi connectivity index (χ3v) is 4.98. The van der Waals surface area contributed by atoms with Crippen LogP contribution in [0.5, 0.6) is 5.75 Å². The Labute approximate surface area is 151 Å². The van der Waals surface area contributed by atoms with E-state index >= 15 is 0 Å². The average Bonchev–Trinajstić information content (AvgIpc) is 2.66. The zero-order valence-corrected chi connectivity index (χ0v) is 15.0. The molecule has 6 nitrogen and oxygen atoms in total. The molecule has 136 valence electrons. The van der Waals surface area contributed by atoms with Gasteiger partial charge in [-0.3, -0.25) is 9.78 Å². The van der Waals surface area contributed by atoms with Gasteiger partial charge in [-0.1, -0.05) is 6.92 Å². The number of benzene rings is 1. The second-order valence-corrected chi connectivity index (χ2v) is 6.45. The number of rotatable bonds is 3. The maximum atomic E-state index is 14.6. The van der Waals surface area contributed by atoms with Crippen molar-refractivity contribution in [3.8, 4) is 11.8 Å². The molecule has 0 saturated carbocycles. The van der Waals surface area contributed by atoms with Crippen molar-refractivity contribution in [2.24, 2.45) is 11.8 Å². The summed E-state index contributed by atoms with van der Waals surface area (Å²) in [4.78, 5) is 18.0. The molecular weight excluding hydrogens is 337 g/mol. The summed E-state index contributed by atoms with van der Waals surface area (Å²) in [5.41, 5.74) is 1.20. The maximum Gasteiger partial charge on any atom is 0.309 e. The van der Waals surface area contributed by atoms with Crippen molar-refractivity contribution in [1.82, 2.24) is 4.98 Å². The highest BCUT2D eigenvalue weighted by Crippen LogP contribution is 2.37. The van der Waals surface area contributed by atoms with Crippen molar-refractivity contribution in [2.75, 3.05) is 32.2 Å². The highest BCUT2D eigenvalue weighted by atomic mass is 19.1. The van der Waals surface area contributed by atoms with Gasteiger partial charge in [0.1, 0.15) is 11.6 Å². The summed E-state index contributed by atoms with van der Waals surface area (Å²) in [5, 5.41) is 10.1. The molecule has 26 heavy (non-hydrogen) atoms. The van der Waals surface area contributed by atoms with Crippen molar-refractivity contribution in [3.63, 3.8) is 0 Å². The Bertz CT molecular complexity index is 894. The van der Waals surface area contributed by atoms with Crippen LogP contribution < -0.4 is 9.64 Å². The van der Waals surface area contributed by atoms with Crippen LogP contribution in [-0.2, 0) is 9.53 Å². The normalized spacial score (nSPS) is 19.9. The molecule has 7 heteroatoms. The van der Waals surface area contributed by atoms with Gasteiger partial charge in [-0.05, 0) is 24.5 Å². The molecule has 3 rings (SSSR count). The van der Waals surface area contributed by atoms with E-state index < -0.39 is 5.82 Å². The van der Waals surface area contributed by atoms with Gasteiger partial charge in [-0.15, -0.1) is 0 Å². The lowest BCUT2D eigenvalue weighted by Crippen LogP contribution is -2.43. The monoisotopic (exact) mass is 357 g/mol. The van der Waals surface area contributed by atoms with E-state index in [0.29, 0.717) is 36.1 Å². The van der Waals surface area contributed by atoms with E-state index in [4.69, 9.17) is 9.47 Å². The van der Waals surface area contributed by atoms with Crippen LogP contribution in [-0.4, -0.2) is 38.3 Å². The van der Waals surface area contributed by atoms with Crippen LogP contribution in [0.15, 0.2) is 18.3 Å². The number of nitriles is 1. The SMILES string of the molecule is COC(=O)[C@H]1CCN(c2c(C#N)cnc3c(F)c(OC)ccc23)C[C@H]1C. The van der Waals surface area contributed by atoms with Crippen molar-refractivity contribution >= 4 is 22.6 Å². The predicted octanol–water partition coefficient (Wildman–Crippen LogP) is 2.89. The number of aromatic nitrogens is 1. The predicted molar refractivity (Wildman–Crippen MR) is 94.5 cm³/mol. The lowest BCUT2D eigenvalue weighted by Gasteiger charge is -2.37. The largest absolute Gasteiger partial charge is 0.494 e. The molecule has 0 amide bonds. The summed E-state index contributed by atoms with van der Waals surface area (Å²) in [6.45, 7) is 3.12. The first-order valence-electron chi connectivity index (χ1n) is 8.39. The first-order valence-corrected chi connectivity index (χ1v) is 8.39. The van der Waals surface area contributed by atoms with Gasteiger partial charge in [0.05, 0.1) is 31.4 Å². The number of fused-ring (bicyclic) bond motifs is 1. The number of piperidine rings is 1. The van der Waals surface area contributed by atoms with E-state index in [2.05, 4.69) is 11.1 Å². The zero-order valence-electron chi connectivity index (χ0n) is 15.0. The van der Waals surface area contributed by atoms with Crippen LogP contribution in [0.4, 0.5) is 10.1 Å². The van der Waals surface area contributed by atoms with E-state index in [9.17, 15) is 14.4 Å². The summed E-state index contributed by atoms with van der Waals surface area (Å²) in [6, 6.07) is 5.40. The highest BCUT2D eigenvalue weighted by molar-refractivity contribution is 5.95. The third-order valence-electron chi connectivity index (χ3n) is 4.98. The topological polar surface area (TPSA) is 75.5 Å². The molecule has 1 saturated heterocycles. The van der Waals surface area contributed by atoms with Gasteiger partial charge < -0.3 is 14.4 Å². The van der Waals surface area contributed by atoms with E-state index in [1.54, 1.807) is 6.07 Å². The van der Waals surface area contributed by atoms with E-state index in [-0.39, 0.29) is 29.1 Å². The van der Waals surface area contributed by atoms with Gasteiger partial charge >= 0.3 is 5.97 Å². The molecule has 2 heterocycles. The molecule has 1 aromatic heterocycles. The smallest absolute Gasteiger partial charge is 0.309 e. The molecule has 1 aliphatic rings. The van der Waals surface area contributed by atoms with Crippen LogP contribution in [0, 0.1) is 29.0 Å². The van der Waals surface area contributed by atoms with E-state index in [1.807, 2.05) is 11.8 Å². The number of nitrogens with zero attached hydrogens (tertiary/aromatic N) is 3. The molecular formula is C19H20FN3O3. The molecule has 0 N–H and O–H groups in total. The number of carbonyl (C=O) groups is 1. The van der Waals surface area contributed by atoms with Crippen LogP contribution in [0.25, 0.3) is 10.9 Å². The number of esters is 1. The minimum absolute atomic E-state index is 0.0500. The fourth-order valence-corrected chi connectivity index (χ4v) is 3.63. The fraction of sp³-hybridized carbons (Fsp3) is 0.421. The summed E-state index contributed by atoms with van der Waals surface area (Å²) < 4.78 is 24.5. The fourth-order valence-electron chi connectivity index (χ4n) is 3.63. The van der Waals surface area contributed by atoms with Crippen molar-refractivity contribution < 1.29 is 18.7 Å². The molecule has 1 aliphatic heterocycles. The first kappa shape index (κ1) is 17.9. The number of halogens is 1. The molecule has 0 unspecified atom stereocenters. The lowest BCUT2D eigenvalue weighted by atomic mass is 9.86. The molecule has 1 fully saturated rings. The van der Waals surface area contributed by atoms with Gasteiger partial charge in [0, 0.05) is 24.7 Å². The van der Waals surface area contributed by atoms with Gasteiger partial charge in [-0.2, -0.15) is 5.26 Å². The highest BCUT2D eigenvalue weighted by Gasteiger charge is 2.33. The van der Waals surface area contributed by atoms with Crippen molar-refractivity contribution in [2.45, 2.75) is 13.3 Å². The summed E-state index contributed by atoms with van der Waals surface area (Å²) in [6.07, 6.45) is 2.00. The van der Waals surface area contributed by atoms with Crippen LogP contribution in [0.3, 0.4) is 0 Å². The second kappa shape index (κ2) is 7.16. The molecule has 0 spiro atoms. The minimum atomic E-state index is -0.548. The number of carbonyl (C=O) groups excluding carboxylic acids is 1. The summed E-state index contributed by atoms with van der Waals surface area (Å²) >= 11 is 0. The van der Waals surface area contributed by atoms with Crippen molar-refractivity contribution in [1.29, 1.82) is 5.26 Å². The molecule has 2 atom stereocenters. The van der Waals surface area contributed by atoms with Gasteiger partial charge in [0.15, 0.2) is 11.6 Å². The number of anilines is 1. The maximum absolute atomic E-state index is 14.6. The molecule has 2 aromatic rings. The summed E-state index contributed by atoms with van der Waals surface area (Å²) in [7, 11) is 2.79. The van der Waals surface area contributed by atoms with Gasteiger partial charge in [0.2, 0.25) is 0 Å². The summed E-state index contributed by atoms with van der Waals surface area (Å²) in [5.74, 6) is -0.777. The minimum Gasteiger partial charge on any atom is -0.494 e. The molecule has 0 radical (unpaired) electrons. The Kier molecular flexibility index (Phi) is 4.94. The van der Waals surface area contributed by atoms with Gasteiger partial charge in [-0.25, -0.2) is 4.39 Å². The first-order chi connectivity index (χ1) is 12.5. The molecule has 0 bridgehead atoms. The standard InChI is InChI=1S/C19H20FN3O3/c1-11-10-23(7-6-13(11)19(24)26-3)18-12(8-21)9-22-17-14(18)4-5-15(25-2)16(17)20/h4-5,9,11,13H,6-7,10H2,1-3H3/t11-,13+/m1/s1. The lowest BCUT2D eigenvalue weighted by molar-refractivity contribution is -0.147. The van der Waals surface area contributed by atoms with Gasteiger partial charge in [0.25, 0.3) is 0 Å². The Morgan fingerprint density at radius 3 is 2.81 bits per heavy atom. The molecule has 0 aliphatic carbocycles. The zero-order chi connectivity index (χ0) is 18.8. The number of hydrogen-bond donors (Lipinski definition) is 0. The number of ether oxygens (including phenoxy) is 2. The Balaban J connectivity index is 2.06. The average molecular weight is 357 g/mol. The Hall–Kier alpha value is -2.88. The second-order valence-electron chi connectivity index (χ2n) is 6.45. The quantitative estimate of drug-likeness (QED) is 0.786. The van der Waals surface area contributed by atoms with E-state index in [1.165, 1.54) is 26.5 Å². The van der Waals surface area contributed by atoms with Crippen LogP contribution in [0.2, 0.25) is 0 Å². The van der Waals surface area contributed by atoms with Crippen LogP contribution >= 0.6 is 0 Å².